The van der Waals surface area contributed by atoms with Crippen LogP contribution in [0, 0.1) is 0 Å². The molecule has 216 valence electrons. The number of aromatic nitrogens is 1. The van der Waals surface area contributed by atoms with Gasteiger partial charge in [-0.25, -0.2) is 4.79 Å². The van der Waals surface area contributed by atoms with Crippen molar-refractivity contribution in [2.24, 2.45) is 0 Å². The molecule has 1 aromatic heterocycles. The standard InChI is InChI=1S/C32H36N2O7/c1-2-21-9-4-5-12-26(21)32(40,31(38)39)22-10-8-11-23(19-22)41-18-7-3-6-17-33-20-28(36)24-13-15-27(35)30-25(24)14-16-29(37)34-30/h4-5,8-16,19,28,33,35-36,40H,2-3,6-7,17-18,20H2,1H3,(H,34,37)(H,38,39)/t28-,32?/m0/s1. The molecule has 0 aliphatic rings. The first-order chi connectivity index (χ1) is 19.8. The summed E-state index contributed by atoms with van der Waals surface area (Å²) < 4.78 is 5.87. The van der Waals surface area contributed by atoms with Gasteiger partial charge in [0.25, 0.3) is 0 Å². The van der Waals surface area contributed by atoms with Gasteiger partial charge in [-0.1, -0.05) is 49.4 Å². The summed E-state index contributed by atoms with van der Waals surface area (Å²) in [4.78, 5) is 26.4. The van der Waals surface area contributed by atoms with Gasteiger partial charge in [0.2, 0.25) is 11.2 Å². The van der Waals surface area contributed by atoms with Crippen LogP contribution in [0.2, 0.25) is 0 Å². The number of aliphatic carboxylic acids is 1. The molecule has 6 N–H and O–H groups in total. The average Bonchev–Trinajstić information content (AvgIpc) is 2.98. The number of carboxylic acids is 1. The maximum absolute atomic E-state index is 12.3. The Kier molecular flexibility index (Phi) is 9.78. The number of carboxylic acid groups (broad SMARTS) is 1. The van der Waals surface area contributed by atoms with Crippen molar-refractivity contribution < 1.29 is 30.0 Å². The van der Waals surface area contributed by atoms with Crippen molar-refractivity contribution in [1.29, 1.82) is 0 Å². The molecule has 0 amide bonds. The third-order valence-electron chi connectivity index (χ3n) is 7.22. The highest BCUT2D eigenvalue weighted by atomic mass is 16.5. The van der Waals surface area contributed by atoms with Crippen molar-refractivity contribution in [3.05, 3.63) is 105 Å². The Morgan fingerprint density at radius 3 is 2.61 bits per heavy atom. The maximum Gasteiger partial charge on any atom is 0.345 e. The number of fused-ring (bicyclic) bond motifs is 1. The zero-order chi connectivity index (χ0) is 29.4. The first-order valence-electron chi connectivity index (χ1n) is 13.8. The lowest BCUT2D eigenvalue weighted by atomic mass is 9.83. The summed E-state index contributed by atoms with van der Waals surface area (Å²) in [5.41, 5.74) is -0.252. The number of hydrogen-bond donors (Lipinski definition) is 6. The van der Waals surface area contributed by atoms with Gasteiger partial charge < -0.3 is 35.5 Å². The summed E-state index contributed by atoms with van der Waals surface area (Å²) >= 11 is 0. The van der Waals surface area contributed by atoms with Crippen LogP contribution in [0.1, 0.15) is 54.5 Å². The number of pyridine rings is 1. The number of benzene rings is 3. The van der Waals surface area contributed by atoms with Gasteiger partial charge in [-0.05, 0) is 67.6 Å². The topological polar surface area (TPSA) is 152 Å². The van der Waals surface area contributed by atoms with Crippen molar-refractivity contribution in [3.8, 4) is 11.5 Å². The average molecular weight is 561 g/mol. The Hall–Kier alpha value is -4.18. The van der Waals surface area contributed by atoms with Crippen LogP contribution in [0.25, 0.3) is 10.9 Å². The van der Waals surface area contributed by atoms with Gasteiger partial charge in [0.1, 0.15) is 11.5 Å². The molecule has 3 aromatic carbocycles. The van der Waals surface area contributed by atoms with E-state index in [1.165, 1.54) is 12.1 Å². The number of phenolic OH excluding ortho intramolecular Hbond substituents is 1. The van der Waals surface area contributed by atoms with E-state index in [1.807, 2.05) is 19.1 Å². The van der Waals surface area contributed by atoms with Crippen molar-refractivity contribution >= 4 is 16.9 Å². The fourth-order valence-electron chi connectivity index (χ4n) is 5.00. The van der Waals surface area contributed by atoms with Crippen LogP contribution >= 0.6 is 0 Å². The number of phenols is 1. The molecule has 41 heavy (non-hydrogen) atoms. The van der Waals surface area contributed by atoms with Crippen LogP contribution in [0.3, 0.4) is 0 Å². The fourth-order valence-corrected chi connectivity index (χ4v) is 5.00. The van der Waals surface area contributed by atoms with E-state index in [1.54, 1.807) is 48.5 Å². The summed E-state index contributed by atoms with van der Waals surface area (Å²) in [6, 6.07) is 19.6. The number of ether oxygens (including phenoxy) is 1. The van der Waals surface area contributed by atoms with Gasteiger partial charge in [0.15, 0.2) is 0 Å². The minimum absolute atomic E-state index is 0.0463. The molecule has 2 atom stereocenters. The van der Waals surface area contributed by atoms with Crippen LogP contribution < -0.4 is 15.6 Å². The summed E-state index contributed by atoms with van der Waals surface area (Å²) in [5, 5.41) is 45.8. The van der Waals surface area contributed by atoms with E-state index in [2.05, 4.69) is 10.3 Å². The summed E-state index contributed by atoms with van der Waals surface area (Å²) in [5.74, 6) is -0.906. The maximum atomic E-state index is 12.3. The zero-order valence-electron chi connectivity index (χ0n) is 23.0. The van der Waals surface area contributed by atoms with Crippen LogP contribution in [-0.2, 0) is 16.8 Å². The van der Waals surface area contributed by atoms with E-state index in [-0.39, 0.29) is 16.9 Å². The van der Waals surface area contributed by atoms with Gasteiger partial charge in [-0.2, -0.15) is 0 Å². The molecule has 0 saturated heterocycles. The predicted octanol–water partition coefficient (Wildman–Crippen LogP) is 3.99. The third kappa shape index (κ3) is 6.77. The Morgan fingerprint density at radius 2 is 1.83 bits per heavy atom. The van der Waals surface area contributed by atoms with Crippen molar-refractivity contribution in [2.75, 3.05) is 19.7 Å². The van der Waals surface area contributed by atoms with Crippen molar-refractivity contribution in [1.82, 2.24) is 10.3 Å². The largest absolute Gasteiger partial charge is 0.506 e. The van der Waals surface area contributed by atoms with E-state index in [4.69, 9.17) is 4.74 Å². The molecule has 1 heterocycles. The van der Waals surface area contributed by atoms with E-state index in [9.17, 15) is 30.0 Å². The first kappa shape index (κ1) is 29.8. The molecule has 0 saturated carbocycles. The van der Waals surface area contributed by atoms with Crippen LogP contribution in [-0.4, -0.2) is 51.1 Å². The monoisotopic (exact) mass is 560 g/mol. The first-order valence-corrected chi connectivity index (χ1v) is 13.8. The van der Waals surface area contributed by atoms with Gasteiger partial charge in [-0.3, -0.25) is 4.79 Å². The van der Waals surface area contributed by atoms with Crippen LogP contribution in [0.15, 0.2) is 77.6 Å². The molecule has 0 aliphatic heterocycles. The molecule has 0 spiro atoms. The van der Waals surface area contributed by atoms with Gasteiger partial charge >= 0.3 is 5.97 Å². The summed E-state index contributed by atoms with van der Waals surface area (Å²) in [6.07, 6.45) is 2.27. The molecule has 0 radical (unpaired) electrons. The smallest absolute Gasteiger partial charge is 0.345 e. The molecular formula is C32H36N2O7. The molecule has 9 nitrogen and oxygen atoms in total. The van der Waals surface area contributed by atoms with E-state index < -0.39 is 17.7 Å². The van der Waals surface area contributed by atoms with Gasteiger partial charge in [0.05, 0.1) is 18.2 Å². The molecule has 9 heteroatoms. The Bertz CT molecular complexity index is 1550. The molecule has 4 aromatic rings. The van der Waals surface area contributed by atoms with Crippen molar-refractivity contribution in [2.45, 2.75) is 44.3 Å². The number of aromatic hydroxyl groups is 1. The Morgan fingerprint density at radius 1 is 1.02 bits per heavy atom. The lowest BCUT2D eigenvalue weighted by Gasteiger charge is -2.27. The number of aryl methyl sites for hydroxylation is 1. The van der Waals surface area contributed by atoms with E-state index in [0.717, 1.165) is 24.8 Å². The van der Waals surface area contributed by atoms with Gasteiger partial charge in [0, 0.05) is 29.1 Å². The number of nitrogens with one attached hydrogen (secondary N) is 2. The quantitative estimate of drug-likeness (QED) is 0.127. The number of H-pyrrole nitrogens is 1. The number of aromatic amines is 1. The highest BCUT2D eigenvalue weighted by molar-refractivity contribution is 5.87. The van der Waals surface area contributed by atoms with Gasteiger partial charge in [-0.15, -0.1) is 0 Å². The number of carbonyl (C=O) groups is 1. The van der Waals surface area contributed by atoms with E-state index in [0.29, 0.717) is 53.9 Å². The predicted molar refractivity (Wildman–Crippen MR) is 156 cm³/mol. The SMILES string of the molecule is CCc1ccccc1C(O)(C(=O)O)c1cccc(OCCCCCNC[C@H](O)c2ccc(O)c3[nH]c(=O)ccc23)c1. The molecule has 1 unspecified atom stereocenters. The number of aliphatic hydroxyl groups is 2. The minimum Gasteiger partial charge on any atom is -0.506 e. The number of rotatable bonds is 14. The molecule has 0 fully saturated rings. The second-order valence-corrected chi connectivity index (χ2v) is 9.97. The Balaban J connectivity index is 1.24. The lowest BCUT2D eigenvalue weighted by molar-refractivity contribution is -0.155. The highest BCUT2D eigenvalue weighted by Gasteiger charge is 2.41. The second kappa shape index (κ2) is 13.5. The minimum atomic E-state index is -2.19. The number of aliphatic hydroxyl groups excluding tert-OH is 1. The molecular weight excluding hydrogens is 524 g/mol. The number of unbranched alkanes of at least 4 members (excludes halogenated alkanes) is 2. The second-order valence-electron chi connectivity index (χ2n) is 9.97. The fraction of sp³-hybridized carbons (Fsp3) is 0.312. The zero-order valence-corrected chi connectivity index (χ0v) is 23.0. The van der Waals surface area contributed by atoms with Crippen molar-refractivity contribution in [3.63, 3.8) is 0 Å². The normalized spacial score (nSPS) is 13.5. The van der Waals surface area contributed by atoms with Crippen LogP contribution in [0.5, 0.6) is 11.5 Å². The summed E-state index contributed by atoms with van der Waals surface area (Å²) in [7, 11) is 0. The lowest BCUT2D eigenvalue weighted by Crippen LogP contribution is -2.37. The Labute approximate surface area is 238 Å². The number of hydrogen-bond acceptors (Lipinski definition) is 7. The molecule has 4 rings (SSSR count). The third-order valence-corrected chi connectivity index (χ3v) is 7.22. The van der Waals surface area contributed by atoms with Crippen LogP contribution in [0.4, 0.5) is 0 Å². The summed E-state index contributed by atoms with van der Waals surface area (Å²) in [6.45, 7) is 3.35. The molecule has 0 aliphatic carbocycles. The highest BCUT2D eigenvalue weighted by Crippen LogP contribution is 2.34. The molecule has 0 bridgehead atoms. The van der Waals surface area contributed by atoms with E-state index >= 15 is 0 Å².